The lowest BCUT2D eigenvalue weighted by Gasteiger charge is -2.26. The van der Waals surface area contributed by atoms with Crippen LogP contribution in [0.1, 0.15) is 26.2 Å². The minimum Gasteiger partial charge on any atom is -0.335 e. The first-order valence-corrected chi connectivity index (χ1v) is 4.97. The molecular weight excluding hydrogens is 164 g/mol. The molecule has 0 aromatic carbocycles. The predicted octanol–water partition coefficient (Wildman–Crippen LogP) is 1.51. The number of carbonyl (C=O) groups excluding carboxylic acids is 1. The molecule has 1 saturated carbocycles. The number of rotatable bonds is 1. The van der Waals surface area contributed by atoms with Crippen molar-refractivity contribution in [1.82, 2.24) is 10.2 Å². The Morgan fingerprint density at radius 3 is 3.00 bits per heavy atom. The van der Waals surface area contributed by atoms with Gasteiger partial charge in [0.05, 0.1) is 0 Å². The maximum absolute atomic E-state index is 11.6. The maximum Gasteiger partial charge on any atom is 0.317 e. The van der Waals surface area contributed by atoms with Gasteiger partial charge in [-0.15, -0.1) is 0 Å². The Bertz CT molecular complexity index is 243. The van der Waals surface area contributed by atoms with E-state index in [1.54, 1.807) is 0 Å². The van der Waals surface area contributed by atoms with E-state index in [-0.39, 0.29) is 6.03 Å². The van der Waals surface area contributed by atoms with Crippen molar-refractivity contribution >= 4 is 6.03 Å². The number of hydrogen-bond acceptors (Lipinski definition) is 1. The van der Waals surface area contributed by atoms with E-state index in [1.165, 1.54) is 5.57 Å². The lowest BCUT2D eigenvalue weighted by molar-refractivity contribution is 0.200. The summed E-state index contributed by atoms with van der Waals surface area (Å²) in [5, 5.41) is 3.00. The van der Waals surface area contributed by atoms with Gasteiger partial charge in [0, 0.05) is 19.1 Å². The second-order valence-corrected chi connectivity index (χ2v) is 3.98. The van der Waals surface area contributed by atoms with Crippen molar-refractivity contribution in [2.24, 2.45) is 0 Å². The molecule has 1 aliphatic carbocycles. The zero-order valence-electron chi connectivity index (χ0n) is 8.05. The van der Waals surface area contributed by atoms with Crippen LogP contribution in [-0.2, 0) is 0 Å². The smallest absolute Gasteiger partial charge is 0.317 e. The lowest BCUT2D eigenvalue weighted by Crippen LogP contribution is -2.43. The Labute approximate surface area is 78.8 Å². The van der Waals surface area contributed by atoms with Gasteiger partial charge in [0.15, 0.2) is 0 Å². The van der Waals surface area contributed by atoms with E-state index in [1.807, 2.05) is 4.90 Å². The molecule has 3 nitrogen and oxygen atoms in total. The first-order valence-electron chi connectivity index (χ1n) is 4.97. The summed E-state index contributed by atoms with van der Waals surface area (Å²) >= 11 is 0. The molecule has 0 atom stereocenters. The SMILES string of the molecule is CC1=CCCN(C(=O)NC2CC2)C1. The topological polar surface area (TPSA) is 32.3 Å². The summed E-state index contributed by atoms with van der Waals surface area (Å²) in [6.07, 6.45) is 5.54. The molecule has 0 bridgehead atoms. The molecule has 0 aromatic heterocycles. The van der Waals surface area contributed by atoms with E-state index in [4.69, 9.17) is 0 Å². The summed E-state index contributed by atoms with van der Waals surface area (Å²) in [5.74, 6) is 0. The summed E-state index contributed by atoms with van der Waals surface area (Å²) in [4.78, 5) is 13.5. The van der Waals surface area contributed by atoms with E-state index in [0.29, 0.717) is 6.04 Å². The number of nitrogens with zero attached hydrogens (tertiary/aromatic N) is 1. The highest BCUT2D eigenvalue weighted by molar-refractivity contribution is 5.75. The Hall–Kier alpha value is -0.990. The molecule has 2 aliphatic rings. The van der Waals surface area contributed by atoms with Crippen LogP contribution < -0.4 is 5.32 Å². The monoisotopic (exact) mass is 180 g/mol. The van der Waals surface area contributed by atoms with Crippen LogP contribution >= 0.6 is 0 Å². The number of amides is 2. The van der Waals surface area contributed by atoms with Crippen LogP contribution in [-0.4, -0.2) is 30.1 Å². The standard InChI is InChI=1S/C10H16N2O/c1-8-3-2-6-12(7-8)10(13)11-9-4-5-9/h3,9H,2,4-7H2,1H3,(H,11,13). The third-order valence-corrected chi connectivity index (χ3v) is 2.52. The Kier molecular flexibility index (Phi) is 2.25. The second-order valence-electron chi connectivity index (χ2n) is 3.98. The normalized spacial score (nSPS) is 22.5. The molecule has 13 heavy (non-hydrogen) atoms. The molecular formula is C10H16N2O. The van der Waals surface area contributed by atoms with Gasteiger partial charge in [-0.3, -0.25) is 0 Å². The summed E-state index contributed by atoms with van der Waals surface area (Å²) in [7, 11) is 0. The minimum atomic E-state index is 0.120. The quantitative estimate of drug-likeness (QED) is 0.609. The van der Waals surface area contributed by atoms with Crippen LogP contribution in [0.2, 0.25) is 0 Å². The summed E-state index contributed by atoms with van der Waals surface area (Å²) in [5.41, 5.74) is 1.30. The fourth-order valence-electron chi connectivity index (χ4n) is 1.58. The second kappa shape index (κ2) is 3.40. The zero-order valence-corrected chi connectivity index (χ0v) is 8.05. The van der Waals surface area contributed by atoms with Crippen LogP contribution in [0.25, 0.3) is 0 Å². The van der Waals surface area contributed by atoms with Crippen molar-refractivity contribution in [3.63, 3.8) is 0 Å². The third-order valence-electron chi connectivity index (χ3n) is 2.52. The van der Waals surface area contributed by atoms with Gasteiger partial charge in [-0.25, -0.2) is 4.79 Å². The highest BCUT2D eigenvalue weighted by Crippen LogP contribution is 2.19. The molecule has 2 rings (SSSR count). The van der Waals surface area contributed by atoms with E-state index in [0.717, 1.165) is 32.4 Å². The number of carbonyl (C=O) groups is 1. The van der Waals surface area contributed by atoms with Gasteiger partial charge in [-0.1, -0.05) is 11.6 Å². The number of hydrogen-bond donors (Lipinski definition) is 1. The fraction of sp³-hybridized carbons (Fsp3) is 0.700. The van der Waals surface area contributed by atoms with Crippen LogP contribution in [0.4, 0.5) is 4.79 Å². The highest BCUT2D eigenvalue weighted by atomic mass is 16.2. The fourth-order valence-corrected chi connectivity index (χ4v) is 1.58. The summed E-state index contributed by atoms with van der Waals surface area (Å²) < 4.78 is 0. The van der Waals surface area contributed by atoms with Gasteiger partial charge in [0.25, 0.3) is 0 Å². The van der Waals surface area contributed by atoms with Crippen molar-refractivity contribution in [2.75, 3.05) is 13.1 Å². The third kappa shape index (κ3) is 2.23. The Morgan fingerprint density at radius 1 is 1.62 bits per heavy atom. The highest BCUT2D eigenvalue weighted by Gasteiger charge is 2.26. The summed E-state index contributed by atoms with van der Waals surface area (Å²) in [6, 6.07) is 0.591. The molecule has 72 valence electrons. The van der Waals surface area contributed by atoms with Crippen molar-refractivity contribution in [1.29, 1.82) is 0 Å². The number of urea groups is 1. The molecule has 0 aromatic rings. The van der Waals surface area contributed by atoms with Crippen molar-refractivity contribution in [3.8, 4) is 0 Å². The average Bonchev–Trinajstić information content (AvgIpc) is 2.88. The zero-order chi connectivity index (χ0) is 9.26. The molecule has 3 heteroatoms. The average molecular weight is 180 g/mol. The van der Waals surface area contributed by atoms with Crippen LogP contribution in [0.5, 0.6) is 0 Å². The Balaban J connectivity index is 1.85. The molecule has 0 spiro atoms. The van der Waals surface area contributed by atoms with E-state index in [9.17, 15) is 4.79 Å². The van der Waals surface area contributed by atoms with Gasteiger partial charge in [-0.2, -0.15) is 0 Å². The molecule has 1 fully saturated rings. The lowest BCUT2D eigenvalue weighted by atomic mass is 10.1. The molecule has 1 heterocycles. The summed E-state index contributed by atoms with van der Waals surface area (Å²) in [6.45, 7) is 3.75. The predicted molar refractivity (Wildman–Crippen MR) is 51.5 cm³/mol. The molecule has 0 unspecified atom stereocenters. The van der Waals surface area contributed by atoms with Crippen LogP contribution in [0.15, 0.2) is 11.6 Å². The van der Waals surface area contributed by atoms with Gasteiger partial charge < -0.3 is 10.2 Å². The van der Waals surface area contributed by atoms with E-state index in [2.05, 4.69) is 18.3 Å². The Morgan fingerprint density at radius 2 is 2.38 bits per heavy atom. The van der Waals surface area contributed by atoms with Gasteiger partial charge >= 0.3 is 6.03 Å². The van der Waals surface area contributed by atoms with Gasteiger partial charge in [0.1, 0.15) is 0 Å². The van der Waals surface area contributed by atoms with Crippen LogP contribution in [0, 0.1) is 0 Å². The first-order chi connectivity index (χ1) is 6.25. The largest absolute Gasteiger partial charge is 0.335 e. The maximum atomic E-state index is 11.6. The minimum absolute atomic E-state index is 0.120. The van der Waals surface area contributed by atoms with Crippen molar-refractivity contribution in [3.05, 3.63) is 11.6 Å². The van der Waals surface area contributed by atoms with Gasteiger partial charge in [-0.05, 0) is 26.2 Å². The van der Waals surface area contributed by atoms with Crippen molar-refractivity contribution < 1.29 is 4.79 Å². The van der Waals surface area contributed by atoms with E-state index < -0.39 is 0 Å². The molecule has 0 radical (unpaired) electrons. The van der Waals surface area contributed by atoms with Crippen molar-refractivity contribution in [2.45, 2.75) is 32.2 Å². The molecule has 2 amide bonds. The molecule has 1 N–H and O–H groups in total. The van der Waals surface area contributed by atoms with Crippen LogP contribution in [0.3, 0.4) is 0 Å². The number of nitrogens with one attached hydrogen (secondary N) is 1. The van der Waals surface area contributed by atoms with Gasteiger partial charge in [0.2, 0.25) is 0 Å². The molecule has 0 saturated heterocycles. The first kappa shape index (κ1) is 8.60. The van der Waals surface area contributed by atoms with E-state index >= 15 is 0 Å². The molecule has 1 aliphatic heterocycles.